The Morgan fingerprint density at radius 2 is 0.476 bits per heavy atom. The molecule has 1 unspecified atom stereocenters. The predicted molar refractivity (Wildman–Crippen MR) is 357 cm³/mol. The van der Waals surface area contributed by atoms with Crippen molar-refractivity contribution in [3.05, 3.63) is 109 Å². The number of hydrogen-bond acceptors (Lipinski definition) is 6. The summed E-state index contributed by atoms with van der Waals surface area (Å²) >= 11 is 0. The van der Waals surface area contributed by atoms with Gasteiger partial charge >= 0.3 is 17.9 Å². The standard InChI is InChI=1S/C76H130O6/c1-4-7-10-13-16-19-22-24-26-28-30-32-34-36-37-38-39-41-42-44-46-48-50-52-54-57-60-63-66-69-75(78)81-72-73(71-80-74(77)68-65-62-59-56-21-18-15-12-9-6-3)82-76(79)70-67-64-61-58-55-53-51-49-47-45-43-40-35-33-31-29-27-25-23-20-17-14-11-8-5-2/h7-8,10-12,15-17,19-20,24-27,30-33,73H,4-6,9,13-14,18,21-23,28-29,34-72H2,1-3H3/b10-7-,11-8-,15-12-,19-16-,20-17-,26-24-,27-25-,32-30-,33-31-. The fraction of sp³-hybridized carbons (Fsp3) is 0.724. The lowest BCUT2D eigenvalue weighted by atomic mass is 10.0. The summed E-state index contributed by atoms with van der Waals surface area (Å²) in [5.41, 5.74) is 0. The first-order chi connectivity index (χ1) is 40.5. The number of hydrogen-bond donors (Lipinski definition) is 0. The van der Waals surface area contributed by atoms with Gasteiger partial charge in [-0.05, 0) is 116 Å². The van der Waals surface area contributed by atoms with E-state index in [0.29, 0.717) is 19.3 Å². The maximum absolute atomic E-state index is 12.9. The van der Waals surface area contributed by atoms with Gasteiger partial charge in [-0.3, -0.25) is 14.4 Å². The van der Waals surface area contributed by atoms with Gasteiger partial charge in [0.05, 0.1) is 0 Å². The van der Waals surface area contributed by atoms with Crippen molar-refractivity contribution in [3.63, 3.8) is 0 Å². The summed E-state index contributed by atoms with van der Waals surface area (Å²) < 4.78 is 16.9. The fourth-order valence-corrected chi connectivity index (χ4v) is 9.84. The lowest BCUT2D eigenvalue weighted by Crippen LogP contribution is -2.30. The van der Waals surface area contributed by atoms with Crippen LogP contribution in [0.1, 0.15) is 335 Å². The van der Waals surface area contributed by atoms with Crippen LogP contribution in [0.25, 0.3) is 0 Å². The molecule has 0 aliphatic heterocycles. The first kappa shape index (κ1) is 78.1. The van der Waals surface area contributed by atoms with E-state index in [-0.39, 0.29) is 31.1 Å². The Bertz CT molecular complexity index is 1640. The molecule has 0 aromatic rings. The number of allylic oxidation sites excluding steroid dienone is 18. The fourth-order valence-electron chi connectivity index (χ4n) is 9.84. The van der Waals surface area contributed by atoms with Crippen LogP contribution in [0.4, 0.5) is 0 Å². The van der Waals surface area contributed by atoms with Crippen LogP contribution in [0.5, 0.6) is 0 Å². The Kier molecular flexibility index (Phi) is 66.2. The average molecular weight is 1140 g/mol. The van der Waals surface area contributed by atoms with Crippen LogP contribution in [0, 0.1) is 0 Å². The Labute approximate surface area is 508 Å². The number of esters is 3. The summed E-state index contributed by atoms with van der Waals surface area (Å²) in [6.07, 6.45) is 95.6. The lowest BCUT2D eigenvalue weighted by molar-refractivity contribution is -0.167. The monoisotopic (exact) mass is 1140 g/mol. The minimum atomic E-state index is -0.783. The van der Waals surface area contributed by atoms with Crippen LogP contribution in [-0.4, -0.2) is 37.2 Å². The molecular weight excluding hydrogens is 1010 g/mol. The zero-order valence-corrected chi connectivity index (χ0v) is 54.0. The van der Waals surface area contributed by atoms with E-state index in [4.69, 9.17) is 14.2 Å². The molecule has 82 heavy (non-hydrogen) atoms. The highest BCUT2D eigenvalue weighted by Crippen LogP contribution is 2.17. The molecular formula is C76H130O6. The third-order valence-electron chi connectivity index (χ3n) is 15.0. The van der Waals surface area contributed by atoms with E-state index in [1.807, 2.05) is 0 Å². The minimum Gasteiger partial charge on any atom is -0.462 e. The maximum Gasteiger partial charge on any atom is 0.306 e. The number of rotatable bonds is 63. The molecule has 0 spiro atoms. The minimum absolute atomic E-state index is 0.0790. The van der Waals surface area contributed by atoms with Crippen molar-refractivity contribution in [1.29, 1.82) is 0 Å². The van der Waals surface area contributed by atoms with Gasteiger partial charge in [-0.2, -0.15) is 0 Å². The van der Waals surface area contributed by atoms with Crippen LogP contribution in [0.2, 0.25) is 0 Å². The largest absolute Gasteiger partial charge is 0.462 e. The molecule has 0 fully saturated rings. The van der Waals surface area contributed by atoms with Gasteiger partial charge in [0, 0.05) is 19.3 Å². The van der Waals surface area contributed by atoms with Crippen LogP contribution in [0.3, 0.4) is 0 Å². The molecule has 0 aliphatic rings. The normalized spacial score (nSPS) is 12.8. The van der Waals surface area contributed by atoms with E-state index in [2.05, 4.69) is 130 Å². The SMILES string of the molecule is CC/C=C\C/C=C\C/C=C\C/C=C\CCCCCCCCCCCCCCCCCCC(=O)OCC(COC(=O)CCCCCCC/C=C\CCC)OC(=O)CCCCCCCCCCCCCC/C=C\C/C=C\C/C=C\C/C=C\CC. The van der Waals surface area contributed by atoms with Gasteiger partial charge in [0.25, 0.3) is 0 Å². The second-order valence-electron chi connectivity index (χ2n) is 23.0. The summed E-state index contributed by atoms with van der Waals surface area (Å²) in [4.78, 5) is 38.3. The molecule has 0 aromatic heterocycles. The van der Waals surface area contributed by atoms with Crippen molar-refractivity contribution in [2.75, 3.05) is 13.2 Å². The number of ether oxygens (including phenoxy) is 3. The second-order valence-corrected chi connectivity index (χ2v) is 23.0. The number of carbonyl (C=O) groups excluding carboxylic acids is 3. The molecule has 0 aromatic carbocycles. The predicted octanol–water partition coefficient (Wildman–Crippen LogP) is 24.2. The Hall–Kier alpha value is -3.93. The van der Waals surface area contributed by atoms with Crippen molar-refractivity contribution in [2.45, 2.75) is 341 Å². The molecule has 0 amide bonds. The van der Waals surface area contributed by atoms with Crippen LogP contribution in [-0.2, 0) is 28.6 Å². The molecule has 470 valence electrons. The van der Waals surface area contributed by atoms with E-state index in [1.54, 1.807) is 0 Å². The van der Waals surface area contributed by atoms with Crippen molar-refractivity contribution >= 4 is 17.9 Å². The van der Waals surface area contributed by atoms with Gasteiger partial charge in [-0.25, -0.2) is 0 Å². The third-order valence-corrected chi connectivity index (χ3v) is 15.0. The zero-order chi connectivity index (χ0) is 59.2. The van der Waals surface area contributed by atoms with Crippen LogP contribution < -0.4 is 0 Å². The number of unbranched alkanes of at least 4 members (excludes halogenated alkanes) is 34. The van der Waals surface area contributed by atoms with E-state index < -0.39 is 6.10 Å². The van der Waals surface area contributed by atoms with Gasteiger partial charge in [0.2, 0.25) is 0 Å². The van der Waals surface area contributed by atoms with Gasteiger partial charge in [0.15, 0.2) is 6.10 Å². The average Bonchev–Trinajstić information content (AvgIpc) is 3.48. The lowest BCUT2D eigenvalue weighted by Gasteiger charge is -2.18. The quantitative estimate of drug-likeness (QED) is 0.0261. The molecule has 0 radical (unpaired) electrons. The first-order valence-electron chi connectivity index (χ1n) is 34.9. The second kappa shape index (κ2) is 69.6. The zero-order valence-electron chi connectivity index (χ0n) is 54.0. The smallest absolute Gasteiger partial charge is 0.306 e. The van der Waals surface area contributed by atoms with Gasteiger partial charge < -0.3 is 14.2 Å². The highest BCUT2D eigenvalue weighted by atomic mass is 16.6. The molecule has 0 saturated carbocycles. The third kappa shape index (κ3) is 66.9. The Morgan fingerprint density at radius 1 is 0.256 bits per heavy atom. The summed E-state index contributed by atoms with van der Waals surface area (Å²) in [7, 11) is 0. The molecule has 6 nitrogen and oxygen atoms in total. The Balaban J connectivity index is 4.17. The van der Waals surface area contributed by atoms with E-state index in [1.165, 1.54) is 173 Å². The van der Waals surface area contributed by atoms with E-state index in [9.17, 15) is 14.4 Å². The maximum atomic E-state index is 12.9. The van der Waals surface area contributed by atoms with E-state index in [0.717, 1.165) is 122 Å². The van der Waals surface area contributed by atoms with Crippen molar-refractivity contribution in [2.24, 2.45) is 0 Å². The molecule has 0 heterocycles. The molecule has 0 aliphatic carbocycles. The van der Waals surface area contributed by atoms with Crippen LogP contribution >= 0.6 is 0 Å². The highest BCUT2D eigenvalue weighted by molar-refractivity contribution is 5.71. The molecule has 6 heteroatoms. The summed E-state index contributed by atoms with van der Waals surface area (Å²) in [6, 6.07) is 0. The van der Waals surface area contributed by atoms with E-state index >= 15 is 0 Å². The van der Waals surface area contributed by atoms with Gasteiger partial charge in [0.1, 0.15) is 13.2 Å². The summed E-state index contributed by atoms with van der Waals surface area (Å²) in [6.45, 7) is 6.38. The van der Waals surface area contributed by atoms with Crippen molar-refractivity contribution in [1.82, 2.24) is 0 Å². The van der Waals surface area contributed by atoms with Gasteiger partial charge in [-0.1, -0.05) is 310 Å². The Morgan fingerprint density at radius 3 is 0.756 bits per heavy atom. The van der Waals surface area contributed by atoms with Crippen LogP contribution in [0.15, 0.2) is 109 Å². The summed E-state index contributed by atoms with van der Waals surface area (Å²) in [5, 5.41) is 0. The highest BCUT2D eigenvalue weighted by Gasteiger charge is 2.19. The van der Waals surface area contributed by atoms with Crippen molar-refractivity contribution < 1.29 is 28.6 Å². The summed E-state index contributed by atoms with van der Waals surface area (Å²) in [5.74, 6) is -0.879. The van der Waals surface area contributed by atoms with Crippen molar-refractivity contribution in [3.8, 4) is 0 Å². The molecule has 0 N–H and O–H groups in total. The molecule has 0 bridgehead atoms. The topological polar surface area (TPSA) is 78.9 Å². The number of carbonyl (C=O) groups is 3. The van der Waals surface area contributed by atoms with Gasteiger partial charge in [-0.15, -0.1) is 0 Å². The molecule has 0 rings (SSSR count). The first-order valence-corrected chi connectivity index (χ1v) is 34.9. The molecule has 1 atom stereocenters. The molecule has 0 saturated heterocycles.